The first-order chi connectivity index (χ1) is 5.63. The Balaban J connectivity index is 0.000000561. The molecular weight excluding hydrogens is 228 g/mol. The number of anilines is 1. The fraction of sp³-hybridized carbons (Fsp3) is 0.250. The molecule has 0 aromatic heterocycles. The monoisotopic (exact) mass is 237 g/mol. The van der Waals surface area contributed by atoms with Gasteiger partial charge in [0, 0.05) is 0 Å². The summed E-state index contributed by atoms with van der Waals surface area (Å²) in [4.78, 5) is 0. The van der Waals surface area contributed by atoms with E-state index in [-0.39, 0.29) is 10.2 Å². The average molecular weight is 238 g/mol. The van der Waals surface area contributed by atoms with E-state index in [1.54, 1.807) is 0 Å². The maximum atomic E-state index is 12.6. The van der Waals surface area contributed by atoms with Crippen LogP contribution in [0.15, 0.2) is 16.6 Å². The molecule has 0 saturated heterocycles. The quantitative estimate of drug-likeness (QED) is 0.544. The lowest BCUT2D eigenvalue weighted by molar-refractivity contribution is 0.575. The Morgan fingerprint density at radius 1 is 1.25 bits per heavy atom. The van der Waals surface area contributed by atoms with Gasteiger partial charge in [0.05, 0.1) is 10.2 Å². The van der Waals surface area contributed by atoms with E-state index in [2.05, 4.69) is 15.9 Å². The van der Waals surface area contributed by atoms with Crippen LogP contribution in [-0.4, -0.2) is 0 Å². The number of nitrogens with two attached hydrogens (primary N) is 1. The average Bonchev–Trinajstić information content (AvgIpc) is 2.12. The van der Waals surface area contributed by atoms with Crippen molar-refractivity contribution in [1.29, 1.82) is 0 Å². The van der Waals surface area contributed by atoms with Gasteiger partial charge in [-0.25, -0.2) is 8.78 Å². The molecule has 2 N–H and O–H groups in total. The molecule has 1 aromatic rings. The van der Waals surface area contributed by atoms with E-state index >= 15 is 0 Å². The van der Waals surface area contributed by atoms with Gasteiger partial charge in [-0.1, -0.05) is 13.8 Å². The topological polar surface area (TPSA) is 26.0 Å². The molecule has 12 heavy (non-hydrogen) atoms. The van der Waals surface area contributed by atoms with Crippen molar-refractivity contribution in [3.8, 4) is 0 Å². The van der Waals surface area contributed by atoms with Gasteiger partial charge in [-0.05, 0) is 28.1 Å². The van der Waals surface area contributed by atoms with Gasteiger partial charge in [0.1, 0.15) is 5.82 Å². The molecule has 4 heteroatoms. The van der Waals surface area contributed by atoms with Crippen LogP contribution in [0.5, 0.6) is 0 Å². The highest BCUT2D eigenvalue weighted by Crippen LogP contribution is 2.23. The minimum Gasteiger partial charge on any atom is -0.396 e. The summed E-state index contributed by atoms with van der Waals surface area (Å²) in [5.41, 5.74) is 5.06. The Labute approximate surface area is 78.7 Å². The first kappa shape index (κ1) is 11.4. The van der Waals surface area contributed by atoms with E-state index in [1.165, 1.54) is 6.07 Å². The number of nitrogen functional groups attached to an aromatic ring is 1. The summed E-state index contributed by atoms with van der Waals surface area (Å²) < 4.78 is 24.8. The van der Waals surface area contributed by atoms with E-state index in [9.17, 15) is 8.78 Å². The van der Waals surface area contributed by atoms with Crippen LogP contribution in [0.2, 0.25) is 0 Å². The zero-order valence-electron chi connectivity index (χ0n) is 6.87. The van der Waals surface area contributed by atoms with Crippen LogP contribution in [0.1, 0.15) is 13.8 Å². The maximum Gasteiger partial charge on any atom is 0.163 e. The van der Waals surface area contributed by atoms with Crippen molar-refractivity contribution in [3.63, 3.8) is 0 Å². The van der Waals surface area contributed by atoms with Crippen molar-refractivity contribution in [2.24, 2.45) is 0 Å². The van der Waals surface area contributed by atoms with Crippen LogP contribution in [0.3, 0.4) is 0 Å². The maximum absolute atomic E-state index is 12.6. The molecule has 0 spiro atoms. The van der Waals surface area contributed by atoms with Gasteiger partial charge in [0.15, 0.2) is 5.82 Å². The third-order valence-electron chi connectivity index (χ3n) is 1.07. The van der Waals surface area contributed by atoms with Gasteiger partial charge in [-0.3, -0.25) is 0 Å². The first-order valence-electron chi connectivity index (χ1n) is 3.52. The summed E-state index contributed by atoms with van der Waals surface area (Å²) in [6.07, 6.45) is 0. The molecule has 0 radical (unpaired) electrons. The van der Waals surface area contributed by atoms with Gasteiger partial charge in [0.25, 0.3) is 0 Å². The summed E-state index contributed by atoms with van der Waals surface area (Å²) in [5, 5.41) is 0. The molecule has 0 bridgehead atoms. The lowest BCUT2D eigenvalue weighted by Gasteiger charge is -1.98. The zero-order chi connectivity index (χ0) is 9.72. The van der Waals surface area contributed by atoms with Crippen molar-refractivity contribution in [2.75, 3.05) is 5.73 Å². The standard InChI is InChI=1S/C6H4BrF2N.C2H6/c7-5-3(8)1-2-4(10)6(5)9;1-2/h1-2H,10H2;1-2H3. The largest absolute Gasteiger partial charge is 0.396 e. The Hall–Kier alpha value is -0.640. The third-order valence-corrected chi connectivity index (χ3v) is 1.79. The molecule has 0 aliphatic carbocycles. The predicted octanol–water partition coefficient (Wildman–Crippen LogP) is 3.34. The van der Waals surface area contributed by atoms with E-state index in [4.69, 9.17) is 5.73 Å². The summed E-state index contributed by atoms with van der Waals surface area (Å²) in [5.74, 6) is -1.40. The molecule has 0 atom stereocenters. The van der Waals surface area contributed by atoms with Crippen LogP contribution in [-0.2, 0) is 0 Å². The molecule has 1 aromatic carbocycles. The smallest absolute Gasteiger partial charge is 0.163 e. The Kier molecular flexibility index (Phi) is 4.81. The molecule has 0 aliphatic heterocycles. The second-order valence-electron chi connectivity index (χ2n) is 1.76. The highest BCUT2D eigenvalue weighted by atomic mass is 79.9. The van der Waals surface area contributed by atoms with Crippen LogP contribution in [0, 0.1) is 11.6 Å². The van der Waals surface area contributed by atoms with Crippen LogP contribution < -0.4 is 5.73 Å². The summed E-state index contributed by atoms with van der Waals surface area (Å²) in [6, 6.07) is 2.28. The van der Waals surface area contributed by atoms with Crippen molar-refractivity contribution >= 4 is 21.6 Å². The zero-order valence-corrected chi connectivity index (χ0v) is 8.45. The number of benzene rings is 1. The van der Waals surface area contributed by atoms with Crippen molar-refractivity contribution in [1.82, 2.24) is 0 Å². The third kappa shape index (κ3) is 2.44. The van der Waals surface area contributed by atoms with Gasteiger partial charge < -0.3 is 5.73 Å². The second kappa shape index (κ2) is 5.09. The van der Waals surface area contributed by atoms with Crippen molar-refractivity contribution in [3.05, 3.63) is 28.2 Å². The van der Waals surface area contributed by atoms with Gasteiger partial charge in [-0.15, -0.1) is 0 Å². The van der Waals surface area contributed by atoms with Gasteiger partial charge in [0.2, 0.25) is 0 Å². The van der Waals surface area contributed by atoms with E-state index in [0.717, 1.165) is 6.07 Å². The molecule has 0 aliphatic rings. The molecule has 1 nitrogen and oxygen atoms in total. The fourth-order valence-corrected chi connectivity index (χ4v) is 0.902. The molecule has 0 fully saturated rings. The lowest BCUT2D eigenvalue weighted by Crippen LogP contribution is -1.92. The number of hydrogen-bond donors (Lipinski definition) is 1. The molecule has 68 valence electrons. The summed E-state index contributed by atoms with van der Waals surface area (Å²) in [7, 11) is 0. The van der Waals surface area contributed by atoms with E-state index in [0.29, 0.717) is 0 Å². The summed E-state index contributed by atoms with van der Waals surface area (Å²) >= 11 is 2.70. The molecule has 0 amide bonds. The van der Waals surface area contributed by atoms with E-state index in [1.807, 2.05) is 13.8 Å². The highest BCUT2D eigenvalue weighted by Gasteiger charge is 2.07. The SMILES string of the molecule is CC.Nc1ccc(F)c(Br)c1F. The normalized spacial score (nSPS) is 8.75. The minimum absolute atomic E-state index is 0.0618. The lowest BCUT2D eigenvalue weighted by atomic mass is 10.3. The highest BCUT2D eigenvalue weighted by molar-refractivity contribution is 9.10. The molecular formula is C8H10BrF2N. The molecule has 1 rings (SSSR count). The number of hydrogen-bond acceptors (Lipinski definition) is 1. The molecule has 0 saturated carbocycles. The first-order valence-corrected chi connectivity index (χ1v) is 4.31. The van der Waals surface area contributed by atoms with Gasteiger partial charge >= 0.3 is 0 Å². The molecule has 0 heterocycles. The van der Waals surface area contributed by atoms with Crippen LogP contribution in [0.25, 0.3) is 0 Å². The number of halogens is 3. The van der Waals surface area contributed by atoms with E-state index < -0.39 is 11.6 Å². The van der Waals surface area contributed by atoms with Crippen molar-refractivity contribution in [2.45, 2.75) is 13.8 Å². The van der Waals surface area contributed by atoms with Crippen LogP contribution in [0.4, 0.5) is 14.5 Å². The van der Waals surface area contributed by atoms with Crippen LogP contribution >= 0.6 is 15.9 Å². The molecule has 0 unspecified atom stereocenters. The number of rotatable bonds is 0. The van der Waals surface area contributed by atoms with Crippen molar-refractivity contribution < 1.29 is 8.78 Å². The fourth-order valence-electron chi connectivity index (χ4n) is 0.541. The summed E-state index contributed by atoms with van der Waals surface area (Å²) in [6.45, 7) is 4.00. The Bertz CT molecular complexity index is 236. The second-order valence-corrected chi connectivity index (χ2v) is 2.56. The van der Waals surface area contributed by atoms with Gasteiger partial charge in [-0.2, -0.15) is 0 Å². The minimum atomic E-state index is -0.750. The Morgan fingerprint density at radius 3 is 2.17 bits per heavy atom. The Morgan fingerprint density at radius 2 is 1.75 bits per heavy atom. The predicted molar refractivity (Wildman–Crippen MR) is 49.8 cm³/mol.